The molecule has 2 aliphatic rings. The molecule has 0 aliphatic carbocycles. The van der Waals surface area contributed by atoms with Gasteiger partial charge in [-0.25, -0.2) is 0 Å². The van der Waals surface area contributed by atoms with E-state index in [-0.39, 0.29) is 6.10 Å². The Morgan fingerprint density at radius 2 is 2.13 bits per heavy atom. The highest BCUT2D eigenvalue weighted by Crippen LogP contribution is 2.33. The number of fused-ring (bicyclic) bond motifs is 1. The summed E-state index contributed by atoms with van der Waals surface area (Å²) in [5.41, 5.74) is 2.73. The molecule has 122 valence electrons. The molecular formula is C19H23NO2S. The highest BCUT2D eigenvalue weighted by molar-refractivity contribution is 7.10. The normalized spacial score (nSPS) is 20.2. The smallest absolute Gasteiger partial charge is 0.122 e. The van der Waals surface area contributed by atoms with Crippen LogP contribution in [0.1, 0.15) is 34.9 Å². The van der Waals surface area contributed by atoms with Gasteiger partial charge in [0.05, 0.1) is 12.7 Å². The molecule has 1 aromatic carbocycles. The lowest BCUT2D eigenvalue weighted by atomic mass is 9.90. The van der Waals surface area contributed by atoms with Crippen molar-refractivity contribution in [3.05, 3.63) is 51.7 Å². The minimum Gasteiger partial charge on any atom is -0.493 e. The third kappa shape index (κ3) is 3.30. The first-order valence-electron chi connectivity index (χ1n) is 8.48. The lowest BCUT2D eigenvalue weighted by molar-refractivity contribution is 0.0591. The average Bonchev–Trinajstić information content (AvgIpc) is 3.26. The van der Waals surface area contributed by atoms with Crippen molar-refractivity contribution in [2.75, 3.05) is 19.7 Å². The average molecular weight is 329 g/mol. The molecule has 1 fully saturated rings. The predicted octanol–water partition coefficient (Wildman–Crippen LogP) is 3.63. The van der Waals surface area contributed by atoms with Crippen molar-refractivity contribution in [2.24, 2.45) is 5.92 Å². The van der Waals surface area contributed by atoms with E-state index < -0.39 is 0 Å². The number of aliphatic hydroxyl groups is 1. The molecule has 3 nitrogen and oxygen atoms in total. The number of aliphatic hydroxyl groups excluding tert-OH is 1. The first-order chi connectivity index (χ1) is 11.3. The van der Waals surface area contributed by atoms with Gasteiger partial charge in [-0.2, -0.15) is 0 Å². The zero-order valence-corrected chi connectivity index (χ0v) is 14.1. The molecule has 1 aromatic heterocycles. The van der Waals surface area contributed by atoms with Crippen molar-refractivity contribution < 1.29 is 9.84 Å². The topological polar surface area (TPSA) is 32.7 Å². The fourth-order valence-electron chi connectivity index (χ4n) is 3.72. The van der Waals surface area contributed by atoms with Gasteiger partial charge in [0, 0.05) is 17.8 Å². The first-order valence-corrected chi connectivity index (χ1v) is 9.36. The summed E-state index contributed by atoms with van der Waals surface area (Å²) in [6.45, 7) is 3.97. The quantitative estimate of drug-likeness (QED) is 0.930. The van der Waals surface area contributed by atoms with Crippen LogP contribution in [0.15, 0.2) is 35.7 Å². The van der Waals surface area contributed by atoms with Crippen LogP contribution in [-0.4, -0.2) is 29.7 Å². The second kappa shape index (κ2) is 6.63. The highest BCUT2D eigenvalue weighted by Gasteiger charge is 2.27. The summed E-state index contributed by atoms with van der Waals surface area (Å²) in [5.74, 6) is 1.46. The van der Waals surface area contributed by atoms with E-state index in [1.807, 2.05) is 17.5 Å². The van der Waals surface area contributed by atoms with E-state index in [0.29, 0.717) is 5.92 Å². The fourth-order valence-corrected chi connectivity index (χ4v) is 4.52. The van der Waals surface area contributed by atoms with Crippen LogP contribution in [0, 0.1) is 5.92 Å². The zero-order chi connectivity index (χ0) is 15.6. The number of hydrogen-bond donors (Lipinski definition) is 1. The molecule has 2 aliphatic heterocycles. The highest BCUT2D eigenvalue weighted by atomic mass is 32.1. The molecule has 4 heteroatoms. The molecule has 2 aromatic rings. The van der Waals surface area contributed by atoms with Gasteiger partial charge in [0.25, 0.3) is 0 Å². The number of rotatable bonds is 4. The zero-order valence-electron chi connectivity index (χ0n) is 13.3. The molecule has 1 unspecified atom stereocenters. The molecule has 1 saturated heterocycles. The largest absolute Gasteiger partial charge is 0.493 e. The number of hydrogen-bond acceptors (Lipinski definition) is 4. The van der Waals surface area contributed by atoms with Crippen LogP contribution in [0.3, 0.4) is 0 Å². The van der Waals surface area contributed by atoms with E-state index in [2.05, 4.69) is 23.1 Å². The van der Waals surface area contributed by atoms with E-state index >= 15 is 0 Å². The van der Waals surface area contributed by atoms with Gasteiger partial charge in [-0.15, -0.1) is 11.3 Å². The molecule has 0 amide bonds. The molecule has 0 bridgehead atoms. The number of thiophene rings is 1. The van der Waals surface area contributed by atoms with Crippen molar-refractivity contribution in [1.29, 1.82) is 0 Å². The molecule has 4 rings (SSSR count). The van der Waals surface area contributed by atoms with Gasteiger partial charge in [-0.3, -0.25) is 4.90 Å². The molecule has 3 heterocycles. The Labute approximate surface area is 141 Å². The SMILES string of the molecule is OC(c1cccs1)C1CCN(Cc2ccc3c(c2)CCO3)CC1. The van der Waals surface area contributed by atoms with Crippen molar-refractivity contribution >= 4 is 11.3 Å². The summed E-state index contributed by atoms with van der Waals surface area (Å²) in [4.78, 5) is 3.62. The van der Waals surface area contributed by atoms with E-state index in [0.717, 1.165) is 56.1 Å². The first kappa shape index (κ1) is 15.2. The Morgan fingerprint density at radius 1 is 1.26 bits per heavy atom. The summed E-state index contributed by atoms with van der Waals surface area (Å²) in [5, 5.41) is 12.5. The van der Waals surface area contributed by atoms with E-state index in [1.165, 1.54) is 11.1 Å². The number of likely N-dealkylation sites (tertiary alicyclic amines) is 1. The summed E-state index contributed by atoms with van der Waals surface area (Å²) in [7, 11) is 0. The van der Waals surface area contributed by atoms with Crippen LogP contribution in [0.2, 0.25) is 0 Å². The Balaban J connectivity index is 1.33. The fraction of sp³-hybridized carbons (Fsp3) is 0.474. The molecule has 1 atom stereocenters. The van der Waals surface area contributed by atoms with Gasteiger partial charge in [0.15, 0.2) is 0 Å². The molecule has 0 saturated carbocycles. The summed E-state index contributed by atoms with van der Waals surface area (Å²) >= 11 is 1.66. The number of nitrogens with zero attached hydrogens (tertiary/aromatic N) is 1. The van der Waals surface area contributed by atoms with E-state index in [9.17, 15) is 5.11 Å². The maximum atomic E-state index is 10.5. The monoisotopic (exact) mass is 329 g/mol. The lowest BCUT2D eigenvalue weighted by Crippen LogP contribution is -2.35. The van der Waals surface area contributed by atoms with Crippen LogP contribution in [0.25, 0.3) is 0 Å². The van der Waals surface area contributed by atoms with Gasteiger partial charge in [0.1, 0.15) is 5.75 Å². The predicted molar refractivity (Wildman–Crippen MR) is 92.9 cm³/mol. The van der Waals surface area contributed by atoms with Gasteiger partial charge in [-0.05, 0) is 60.5 Å². The van der Waals surface area contributed by atoms with Crippen LogP contribution in [0.5, 0.6) is 5.75 Å². The van der Waals surface area contributed by atoms with Crippen LogP contribution >= 0.6 is 11.3 Å². The maximum absolute atomic E-state index is 10.5. The van der Waals surface area contributed by atoms with Gasteiger partial charge < -0.3 is 9.84 Å². The molecule has 23 heavy (non-hydrogen) atoms. The summed E-state index contributed by atoms with van der Waals surface area (Å²) in [6.07, 6.45) is 2.91. The van der Waals surface area contributed by atoms with Crippen molar-refractivity contribution in [1.82, 2.24) is 4.90 Å². The van der Waals surface area contributed by atoms with Crippen molar-refractivity contribution in [3.63, 3.8) is 0 Å². The van der Waals surface area contributed by atoms with Gasteiger partial charge in [0.2, 0.25) is 0 Å². The van der Waals surface area contributed by atoms with Gasteiger partial charge >= 0.3 is 0 Å². The van der Waals surface area contributed by atoms with Crippen LogP contribution < -0.4 is 4.74 Å². The minimum absolute atomic E-state index is 0.283. The third-order valence-corrected chi connectivity index (χ3v) is 6.02. The second-order valence-electron chi connectivity index (χ2n) is 6.61. The maximum Gasteiger partial charge on any atom is 0.122 e. The Bertz CT molecular complexity index is 647. The minimum atomic E-state index is -0.283. The number of ether oxygens (including phenoxy) is 1. The van der Waals surface area contributed by atoms with Crippen LogP contribution in [0.4, 0.5) is 0 Å². The Hall–Kier alpha value is -1.36. The van der Waals surface area contributed by atoms with E-state index in [1.54, 1.807) is 11.3 Å². The lowest BCUT2D eigenvalue weighted by Gasteiger charge is -2.34. The molecular weight excluding hydrogens is 306 g/mol. The van der Waals surface area contributed by atoms with Crippen LogP contribution in [-0.2, 0) is 13.0 Å². The summed E-state index contributed by atoms with van der Waals surface area (Å²) < 4.78 is 5.58. The number of benzene rings is 1. The van der Waals surface area contributed by atoms with Crippen molar-refractivity contribution in [3.8, 4) is 5.75 Å². The second-order valence-corrected chi connectivity index (χ2v) is 7.59. The number of piperidine rings is 1. The standard InChI is InChI=1S/C19H23NO2S/c21-19(18-2-1-11-23-18)15-5-8-20(9-6-15)13-14-3-4-17-16(12-14)7-10-22-17/h1-4,11-12,15,19,21H,5-10,13H2. The molecule has 0 spiro atoms. The molecule has 1 N–H and O–H groups in total. The van der Waals surface area contributed by atoms with Crippen molar-refractivity contribution in [2.45, 2.75) is 31.9 Å². The third-order valence-electron chi connectivity index (χ3n) is 5.07. The van der Waals surface area contributed by atoms with E-state index in [4.69, 9.17) is 4.74 Å². The Kier molecular flexibility index (Phi) is 4.38. The Morgan fingerprint density at radius 3 is 2.91 bits per heavy atom. The summed E-state index contributed by atoms with van der Waals surface area (Å²) in [6, 6.07) is 10.7. The molecule has 0 radical (unpaired) electrons. The van der Waals surface area contributed by atoms with Gasteiger partial charge in [-0.1, -0.05) is 18.2 Å².